The van der Waals surface area contributed by atoms with Gasteiger partial charge in [0.15, 0.2) is 6.61 Å². The molecule has 156 valence electrons. The van der Waals surface area contributed by atoms with E-state index in [0.717, 1.165) is 27.3 Å². The van der Waals surface area contributed by atoms with Gasteiger partial charge in [-0.2, -0.15) is 5.26 Å². The molecule has 0 aliphatic carbocycles. The number of esters is 1. The maximum absolute atomic E-state index is 13.3. The second-order valence-electron chi connectivity index (χ2n) is 9.28. The van der Waals surface area contributed by atoms with Gasteiger partial charge in [-0.15, -0.1) is 0 Å². The average Bonchev–Trinajstić information content (AvgIpc) is 2.70. The van der Waals surface area contributed by atoms with Crippen LogP contribution in [0, 0.1) is 37.5 Å². The molecule has 0 radical (unpaired) electrons. The summed E-state index contributed by atoms with van der Waals surface area (Å²) in [5.74, 6) is -0.570. The van der Waals surface area contributed by atoms with Crippen molar-refractivity contribution in [3.05, 3.63) is 40.1 Å². The number of ether oxygens (including phenoxy) is 1. The summed E-state index contributed by atoms with van der Waals surface area (Å²) in [6, 6.07) is 5.86. The predicted molar refractivity (Wildman–Crippen MR) is 110 cm³/mol. The van der Waals surface area contributed by atoms with Crippen LogP contribution in [-0.2, 0) is 19.2 Å². The first-order valence-corrected chi connectivity index (χ1v) is 9.67. The van der Waals surface area contributed by atoms with Crippen molar-refractivity contribution in [2.75, 3.05) is 6.61 Å². The Labute approximate surface area is 173 Å². The first kappa shape index (κ1) is 22.6. The van der Waals surface area contributed by atoms with Gasteiger partial charge in [-0.05, 0) is 56.7 Å². The van der Waals surface area contributed by atoms with Crippen molar-refractivity contribution in [1.29, 1.82) is 5.26 Å². The standard InChI is InChI=1S/C23H30N2O4/c1-14-11-15(2)18(16(3)12-14)19-20(29-17(26)13-22(4,5)6)23(7,8)25(21(19)27)28-10-9-24/h11-12H,10,13H2,1-8H3. The molecule has 0 N–H and O–H groups in total. The van der Waals surface area contributed by atoms with Gasteiger partial charge in [0.2, 0.25) is 0 Å². The lowest BCUT2D eigenvalue weighted by atomic mass is 9.91. The van der Waals surface area contributed by atoms with Crippen LogP contribution in [0.3, 0.4) is 0 Å². The minimum Gasteiger partial charge on any atom is -0.428 e. The summed E-state index contributed by atoms with van der Waals surface area (Å²) in [5.41, 5.74) is 2.65. The van der Waals surface area contributed by atoms with Crippen molar-refractivity contribution in [1.82, 2.24) is 5.06 Å². The first-order chi connectivity index (χ1) is 13.3. The average molecular weight is 399 g/mol. The van der Waals surface area contributed by atoms with Gasteiger partial charge in [-0.25, -0.2) is 5.06 Å². The maximum Gasteiger partial charge on any atom is 0.311 e. The van der Waals surface area contributed by atoms with E-state index in [1.807, 2.05) is 59.7 Å². The highest BCUT2D eigenvalue weighted by molar-refractivity contribution is 6.23. The van der Waals surface area contributed by atoms with Crippen molar-refractivity contribution >= 4 is 17.4 Å². The van der Waals surface area contributed by atoms with E-state index < -0.39 is 17.4 Å². The highest BCUT2D eigenvalue weighted by Crippen LogP contribution is 2.43. The van der Waals surface area contributed by atoms with E-state index in [2.05, 4.69) is 0 Å². The number of rotatable bonds is 5. The minimum absolute atomic E-state index is 0.207. The molecule has 0 unspecified atom stereocenters. The van der Waals surface area contributed by atoms with Gasteiger partial charge in [0.05, 0.1) is 18.1 Å². The van der Waals surface area contributed by atoms with Crippen LogP contribution in [0.25, 0.3) is 5.57 Å². The minimum atomic E-state index is -1.04. The zero-order chi connectivity index (χ0) is 22.1. The van der Waals surface area contributed by atoms with Crippen LogP contribution in [0.4, 0.5) is 0 Å². The zero-order valence-electron chi connectivity index (χ0n) is 18.6. The van der Waals surface area contributed by atoms with E-state index in [-0.39, 0.29) is 24.2 Å². The molecule has 1 aromatic carbocycles. The second kappa shape index (κ2) is 8.00. The maximum atomic E-state index is 13.3. The molecule has 0 spiro atoms. The molecule has 2 rings (SSSR count). The molecule has 0 saturated carbocycles. The molecule has 0 fully saturated rings. The molecule has 0 aromatic heterocycles. The number of hydrogen-bond acceptors (Lipinski definition) is 5. The Hall–Kier alpha value is -2.65. The monoisotopic (exact) mass is 398 g/mol. The molecular weight excluding hydrogens is 368 g/mol. The molecule has 6 heteroatoms. The summed E-state index contributed by atoms with van der Waals surface area (Å²) in [5, 5.41) is 10.1. The topological polar surface area (TPSA) is 79.6 Å². The molecule has 29 heavy (non-hydrogen) atoms. The number of aryl methyl sites for hydroxylation is 3. The Morgan fingerprint density at radius 1 is 1.17 bits per heavy atom. The number of nitriles is 1. The number of hydroxylamine groups is 2. The first-order valence-electron chi connectivity index (χ1n) is 9.67. The van der Waals surface area contributed by atoms with Crippen LogP contribution in [0.15, 0.2) is 17.9 Å². The Bertz CT molecular complexity index is 891. The Kier molecular flexibility index (Phi) is 6.24. The molecule has 0 bridgehead atoms. The predicted octanol–water partition coefficient (Wildman–Crippen LogP) is 4.38. The summed E-state index contributed by atoms with van der Waals surface area (Å²) >= 11 is 0. The lowest BCUT2D eigenvalue weighted by molar-refractivity contribution is -0.198. The molecule has 1 aromatic rings. The zero-order valence-corrected chi connectivity index (χ0v) is 18.6. The van der Waals surface area contributed by atoms with Crippen LogP contribution >= 0.6 is 0 Å². The fourth-order valence-corrected chi connectivity index (χ4v) is 3.72. The second-order valence-corrected chi connectivity index (χ2v) is 9.28. The van der Waals surface area contributed by atoms with Gasteiger partial charge in [0.1, 0.15) is 11.3 Å². The third-order valence-corrected chi connectivity index (χ3v) is 4.76. The van der Waals surface area contributed by atoms with Crippen molar-refractivity contribution in [3.63, 3.8) is 0 Å². The summed E-state index contributed by atoms with van der Waals surface area (Å²) in [6.45, 7) is 14.9. The van der Waals surface area contributed by atoms with E-state index in [9.17, 15) is 9.59 Å². The van der Waals surface area contributed by atoms with Gasteiger partial charge >= 0.3 is 5.97 Å². The van der Waals surface area contributed by atoms with Crippen molar-refractivity contribution in [2.24, 2.45) is 5.41 Å². The van der Waals surface area contributed by atoms with Gasteiger partial charge < -0.3 is 4.74 Å². The summed E-state index contributed by atoms with van der Waals surface area (Å²) in [6.07, 6.45) is 0.207. The van der Waals surface area contributed by atoms with Crippen LogP contribution in [-0.4, -0.2) is 29.1 Å². The number of carbonyl (C=O) groups is 2. The largest absolute Gasteiger partial charge is 0.428 e. The highest BCUT2D eigenvalue weighted by Gasteiger charge is 2.50. The number of hydrogen-bond donors (Lipinski definition) is 0. The van der Waals surface area contributed by atoms with Gasteiger partial charge in [0, 0.05) is 0 Å². The smallest absolute Gasteiger partial charge is 0.311 e. The molecule has 0 saturated heterocycles. The molecule has 0 atom stereocenters. The van der Waals surface area contributed by atoms with E-state index in [1.54, 1.807) is 13.8 Å². The molecule has 1 aliphatic heterocycles. The third-order valence-electron chi connectivity index (χ3n) is 4.76. The molecule has 6 nitrogen and oxygen atoms in total. The van der Waals surface area contributed by atoms with Crippen LogP contribution in [0.1, 0.15) is 63.3 Å². The van der Waals surface area contributed by atoms with E-state index in [1.165, 1.54) is 0 Å². The molecular formula is C23H30N2O4. The SMILES string of the molecule is Cc1cc(C)c(C2=C(OC(=O)CC(C)(C)C)C(C)(C)N(OCC#N)C2=O)c(C)c1. The molecule has 1 aliphatic rings. The normalized spacial score (nSPS) is 16.2. The van der Waals surface area contributed by atoms with Gasteiger partial charge in [-0.1, -0.05) is 38.5 Å². The van der Waals surface area contributed by atoms with Gasteiger partial charge in [-0.3, -0.25) is 14.4 Å². The Morgan fingerprint density at radius 2 is 1.72 bits per heavy atom. The van der Waals surface area contributed by atoms with Crippen LogP contribution in [0.5, 0.6) is 0 Å². The van der Waals surface area contributed by atoms with Crippen molar-refractivity contribution in [3.8, 4) is 6.07 Å². The summed E-state index contributed by atoms with van der Waals surface area (Å²) in [4.78, 5) is 31.4. The van der Waals surface area contributed by atoms with E-state index in [4.69, 9.17) is 14.8 Å². The van der Waals surface area contributed by atoms with Gasteiger partial charge in [0.25, 0.3) is 5.91 Å². The molecule has 1 heterocycles. The van der Waals surface area contributed by atoms with Crippen molar-refractivity contribution in [2.45, 2.75) is 67.3 Å². The number of amides is 1. The molecule has 1 amide bonds. The lowest BCUT2D eigenvalue weighted by Crippen LogP contribution is -2.44. The number of carbonyl (C=O) groups excluding carboxylic acids is 2. The Balaban J connectivity index is 2.65. The third kappa shape index (κ3) is 4.68. The van der Waals surface area contributed by atoms with Crippen LogP contribution < -0.4 is 0 Å². The Morgan fingerprint density at radius 3 is 2.21 bits per heavy atom. The fourth-order valence-electron chi connectivity index (χ4n) is 3.72. The number of benzene rings is 1. The number of nitrogens with zero attached hydrogens (tertiary/aromatic N) is 2. The van der Waals surface area contributed by atoms with E-state index in [0.29, 0.717) is 5.57 Å². The lowest BCUT2D eigenvalue weighted by Gasteiger charge is -2.31. The van der Waals surface area contributed by atoms with Crippen molar-refractivity contribution < 1.29 is 19.2 Å². The quantitative estimate of drug-likeness (QED) is 0.688. The fraction of sp³-hybridized carbons (Fsp3) is 0.522. The summed E-state index contributed by atoms with van der Waals surface area (Å²) in [7, 11) is 0. The van der Waals surface area contributed by atoms with Crippen LogP contribution in [0.2, 0.25) is 0 Å². The highest BCUT2D eigenvalue weighted by atomic mass is 16.7. The van der Waals surface area contributed by atoms with E-state index >= 15 is 0 Å². The summed E-state index contributed by atoms with van der Waals surface area (Å²) < 4.78 is 5.81.